The molecule has 0 amide bonds. The van der Waals surface area contributed by atoms with E-state index in [2.05, 4.69) is 107 Å². The van der Waals surface area contributed by atoms with Crippen molar-refractivity contribution in [3.8, 4) is 0 Å². The number of benzene rings is 5. The maximum atomic E-state index is 2.53. The number of thiophene rings is 1. The molecule has 9 aromatic rings. The highest BCUT2D eigenvalue weighted by Crippen LogP contribution is 2.44. The van der Waals surface area contributed by atoms with Crippen LogP contribution in [0.2, 0.25) is 0 Å². The molecule has 3 heteroatoms. The normalized spacial score (nSPS) is 12.9. The summed E-state index contributed by atoms with van der Waals surface area (Å²) in [5, 5.41) is 10.7. The van der Waals surface area contributed by atoms with Gasteiger partial charge in [-0.25, -0.2) is 0 Å². The summed E-state index contributed by atoms with van der Waals surface area (Å²) in [4.78, 5) is 0. The van der Waals surface area contributed by atoms with E-state index in [9.17, 15) is 0 Å². The maximum Gasteiger partial charge on any atom is 0.0619 e. The smallest absolute Gasteiger partial charge is 0.0619 e. The Bertz CT molecular complexity index is 2290. The molecule has 2 nitrogen and oxygen atoms in total. The van der Waals surface area contributed by atoms with Crippen molar-refractivity contribution in [2.45, 2.75) is 0 Å². The standard InChI is InChI=1S/C31H18N2S/c1-32-23-11-5-8-18-19-9-4-10-20-21-15-22-17-7-2-3-14-27(17)34-28(22)16-26(21)33(31(19)20)25-13-6-12-24(32)30(25)29(18)23/h2-16H,1H3. The molecule has 0 atom stereocenters. The number of hydrogen-bond acceptors (Lipinski definition) is 1. The van der Waals surface area contributed by atoms with Crippen molar-refractivity contribution in [3.05, 3.63) is 91.0 Å². The first-order chi connectivity index (χ1) is 16.8. The van der Waals surface area contributed by atoms with Crippen LogP contribution in [0.3, 0.4) is 0 Å². The monoisotopic (exact) mass is 450 g/mol. The SMILES string of the molecule is Cn1c2cccc3c4cccc5c6cc7c(cc6n(c6cccc1c6c32)c45)sc1ccccc17. The summed E-state index contributed by atoms with van der Waals surface area (Å²) >= 11 is 1.89. The predicted octanol–water partition coefficient (Wildman–Crippen LogP) is 8.85. The van der Waals surface area contributed by atoms with E-state index < -0.39 is 0 Å². The number of para-hydroxylation sites is 1. The lowest BCUT2D eigenvalue weighted by atomic mass is 10.0. The van der Waals surface area contributed by atoms with E-state index in [1.807, 2.05) is 11.3 Å². The van der Waals surface area contributed by atoms with Gasteiger partial charge in [0.25, 0.3) is 0 Å². The number of fused-ring (bicyclic) bond motifs is 8. The first-order valence-corrected chi connectivity index (χ1v) is 12.5. The third kappa shape index (κ3) is 1.84. The highest BCUT2D eigenvalue weighted by molar-refractivity contribution is 7.25. The van der Waals surface area contributed by atoms with Gasteiger partial charge < -0.3 is 8.97 Å². The van der Waals surface area contributed by atoms with Crippen LogP contribution in [0, 0.1) is 0 Å². The molecule has 0 aliphatic heterocycles. The van der Waals surface area contributed by atoms with Crippen LogP contribution in [0.15, 0.2) is 91.0 Å². The molecule has 0 N–H and O–H groups in total. The van der Waals surface area contributed by atoms with Gasteiger partial charge in [-0.2, -0.15) is 0 Å². The minimum Gasteiger partial charge on any atom is -0.344 e. The summed E-state index contributed by atoms with van der Waals surface area (Å²) in [7, 11) is 2.19. The third-order valence-electron chi connectivity index (χ3n) is 7.85. The van der Waals surface area contributed by atoms with Gasteiger partial charge in [-0.1, -0.05) is 54.6 Å². The summed E-state index contributed by atoms with van der Waals surface area (Å²) < 4.78 is 7.58. The fourth-order valence-corrected chi connectivity index (χ4v) is 7.56. The van der Waals surface area contributed by atoms with Crippen LogP contribution < -0.4 is 0 Å². The van der Waals surface area contributed by atoms with Gasteiger partial charge in [-0.05, 0) is 41.8 Å². The van der Waals surface area contributed by atoms with E-state index in [1.54, 1.807) is 0 Å². The molecule has 4 heterocycles. The lowest BCUT2D eigenvalue weighted by molar-refractivity contribution is 1.01. The number of aromatic nitrogens is 2. The van der Waals surface area contributed by atoms with Crippen LogP contribution in [0.1, 0.15) is 0 Å². The summed E-state index contributed by atoms with van der Waals surface area (Å²) in [5.74, 6) is 0. The molecule has 34 heavy (non-hydrogen) atoms. The summed E-state index contributed by atoms with van der Waals surface area (Å²) in [6, 6.07) is 34.0. The van der Waals surface area contributed by atoms with Crippen LogP contribution in [0.25, 0.3) is 80.1 Å². The Hall–Kier alpha value is -4.08. The molecule has 0 spiro atoms. The van der Waals surface area contributed by atoms with E-state index in [1.165, 1.54) is 80.1 Å². The first-order valence-electron chi connectivity index (χ1n) is 11.7. The number of hydrogen-bond donors (Lipinski definition) is 0. The van der Waals surface area contributed by atoms with E-state index in [0.29, 0.717) is 0 Å². The molecule has 9 rings (SSSR count). The second-order valence-electron chi connectivity index (χ2n) is 9.43. The molecule has 0 aliphatic carbocycles. The van der Waals surface area contributed by atoms with Gasteiger partial charge in [0.15, 0.2) is 0 Å². The molecule has 0 aliphatic rings. The zero-order valence-electron chi connectivity index (χ0n) is 18.5. The van der Waals surface area contributed by atoms with Gasteiger partial charge in [0.05, 0.1) is 22.1 Å². The lowest BCUT2D eigenvalue weighted by Gasteiger charge is -2.03. The van der Waals surface area contributed by atoms with Crippen molar-refractivity contribution in [3.63, 3.8) is 0 Å². The van der Waals surface area contributed by atoms with Crippen LogP contribution >= 0.6 is 11.3 Å². The van der Waals surface area contributed by atoms with E-state index >= 15 is 0 Å². The molecule has 0 radical (unpaired) electrons. The molecular weight excluding hydrogens is 432 g/mol. The van der Waals surface area contributed by atoms with Crippen molar-refractivity contribution in [1.82, 2.24) is 8.97 Å². The van der Waals surface area contributed by atoms with Crippen LogP contribution in [0.5, 0.6) is 0 Å². The average molecular weight is 451 g/mol. The molecule has 158 valence electrons. The average Bonchev–Trinajstić information content (AvgIpc) is 3.47. The Morgan fingerprint density at radius 3 is 2.09 bits per heavy atom. The van der Waals surface area contributed by atoms with Gasteiger partial charge >= 0.3 is 0 Å². The minimum absolute atomic E-state index is 1.28. The van der Waals surface area contributed by atoms with Crippen molar-refractivity contribution in [2.75, 3.05) is 0 Å². The Morgan fingerprint density at radius 2 is 1.18 bits per heavy atom. The highest BCUT2D eigenvalue weighted by atomic mass is 32.1. The molecule has 4 aromatic heterocycles. The van der Waals surface area contributed by atoms with Crippen LogP contribution in [-0.4, -0.2) is 8.97 Å². The van der Waals surface area contributed by atoms with Gasteiger partial charge in [0.1, 0.15) is 0 Å². The summed E-state index contributed by atoms with van der Waals surface area (Å²) in [6.45, 7) is 0. The van der Waals surface area contributed by atoms with E-state index in [0.717, 1.165) is 0 Å². The fraction of sp³-hybridized carbons (Fsp3) is 0.0323. The number of aryl methyl sites for hydroxylation is 1. The van der Waals surface area contributed by atoms with E-state index in [-0.39, 0.29) is 0 Å². The molecule has 0 unspecified atom stereocenters. The Morgan fingerprint density at radius 1 is 0.500 bits per heavy atom. The fourth-order valence-electron chi connectivity index (χ4n) is 6.44. The first kappa shape index (κ1) is 17.4. The molecule has 0 bridgehead atoms. The topological polar surface area (TPSA) is 9.34 Å². The van der Waals surface area contributed by atoms with Crippen molar-refractivity contribution >= 4 is 91.4 Å². The zero-order valence-corrected chi connectivity index (χ0v) is 19.3. The molecule has 0 fully saturated rings. The third-order valence-corrected chi connectivity index (χ3v) is 8.99. The second-order valence-corrected chi connectivity index (χ2v) is 10.5. The summed E-state index contributed by atoms with van der Waals surface area (Å²) in [5.41, 5.74) is 6.46. The lowest BCUT2D eigenvalue weighted by Crippen LogP contribution is -1.88. The van der Waals surface area contributed by atoms with Crippen LogP contribution in [-0.2, 0) is 7.05 Å². The minimum atomic E-state index is 1.28. The Labute approximate surface area is 198 Å². The van der Waals surface area contributed by atoms with Gasteiger partial charge in [0.2, 0.25) is 0 Å². The predicted molar refractivity (Wildman–Crippen MR) is 148 cm³/mol. The Kier molecular flexibility index (Phi) is 2.91. The summed E-state index contributed by atoms with van der Waals surface area (Å²) in [6.07, 6.45) is 0. The largest absolute Gasteiger partial charge is 0.344 e. The molecule has 5 aromatic carbocycles. The molecule has 0 saturated carbocycles. The van der Waals surface area contributed by atoms with Crippen molar-refractivity contribution in [1.29, 1.82) is 0 Å². The molecule has 0 saturated heterocycles. The van der Waals surface area contributed by atoms with Crippen LogP contribution in [0.4, 0.5) is 0 Å². The number of rotatable bonds is 0. The molecular formula is C31H18N2S. The van der Waals surface area contributed by atoms with Gasteiger partial charge in [-0.3, -0.25) is 0 Å². The van der Waals surface area contributed by atoms with Gasteiger partial charge in [0, 0.05) is 59.7 Å². The van der Waals surface area contributed by atoms with E-state index in [4.69, 9.17) is 0 Å². The maximum absolute atomic E-state index is 2.53. The number of nitrogens with zero attached hydrogens (tertiary/aromatic N) is 2. The van der Waals surface area contributed by atoms with Gasteiger partial charge in [-0.15, -0.1) is 11.3 Å². The quantitative estimate of drug-likeness (QED) is 0.218. The highest BCUT2D eigenvalue weighted by Gasteiger charge is 2.20. The van der Waals surface area contributed by atoms with Crippen molar-refractivity contribution < 1.29 is 0 Å². The van der Waals surface area contributed by atoms with Crippen molar-refractivity contribution in [2.24, 2.45) is 7.05 Å². The second kappa shape index (κ2) is 5.69. The Balaban J connectivity index is 1.69. The zero-order chi connectivity index (χ0) is 22.1.